The van der Waals surface area contributed by atoms with Gasteiger partial charge in [0.25, 0.3) is 0 Å². The van der Waals surface area contributed by atoms with E-state index in [0.29, 0.717) is 30.3 Å². The molecule has 1 heterocycles. The van der Waals surface area contributed by atoms with E-state index in [1.807, 2.05) is 0 Å². The van der Waals surface area contributed by atoms with Crippen molar-refractivity contribution in [2.45, 2.75) is 51.5 Å². The lowest BCUT2D eigenvalue weighted by Gasteiger charge is -2.29. The van der Waals surface area contributed by atoms with Gasteiger partial charge >= 0.3 is 0 Å². The minimum Gasteiger partial charge on any atom is -0.338 e. The number of carbonyl (C=O) groups excluding carboxylic acids is 1. The molecule has 0 radical (unpaired) electrons. The van der Waals surface area contributed by atoms with Crippen LogP contribution in [0.3, 0.4) is 0 Å². The van der Waals surface area contributed by atoms with E-state index in [-0.39, 0.29) is 0 Å². The van der Waals surface area contributed by atoms with Gasteiger partial charge in [-0.1, -0.05) is 13.3 Å². The highest BCUT2D eigenvalue weighted by Crippen LogP contribution is 2.49. The molecular weight excluding hydrogens is 224 g/mol. The van der Waals surface area contributed by atoms with Gasteiger partial charge in [-0.25, -0.2) is 0 Å². The van der Waals surface area contributed by atoms with Crippen molar-refractivity contribution in [2.24, 2.45) is 29.4 Å². The molecule has 5 atom stereocenters. The molecule has 0 aromatic heterocycles. The fourth-order valence-electron chi connectivity index (χ4n) is 4.65. The molecule has 0 spiro atoms. The Hall–Kier alpha value is -0.570. The van der Waals surface area contributed by atoms with E-state index >= 15 is 0 Å². The average Bonchev–Trinajstić information content (AvgIpc) is 3.03. The van der Waals surface area contributed by atoms with Gasteiger partial charge in [0.2, 0.25) is 5.91 Å². The summed E-state index contributed by atoms with van der Waals surface area (Å²) in [7, 11) is 0. The van der Waals surface area contributed by atoms with Gasteiger partial charge in [0.05, 0.1) is 0 Å². The van der Waals surface area contributed by atoms with E-state index in [9.17, 15) is 4.79 Å². The lowest BCUT2D eigenvalue weighted by Crippen LogP contribution is -2.43. The molecule has 1 saturated heterocycles. The van der Waals surface area contributed by atoms with Crippen molar-refractivity contribution in [1.29, 1.82) is 0 Å². The molecule has 2 aliphatic carbocycles. The lowest BCUT2D eigenvalue weighted by molar-refractivity contribution is -0.133. The molecule has 5 unspecified atom stereocenters. The summed E-state index contributed by atoms with van der Waals surface area (Å²) in [5.41, 5.74) is 5.83. The number of rotatable bonds is 3. The quantitative estimate of drug-likeness (QED) is 0.833. The molecule has 3 aliphatic rings. The van der Waals surface area contributed by atoms with Crippen LogP contribution in [0.2, 0.25) is 0 Å². The second-order valence-corrected chi connectivity index (χ2v) is 6.80. The summed E-state index contributed by atoms with van der Waals surface area (Å²) >= 11 is 0. The number of amides is 1. The number of nitrogens with zero attached hydrogens (tertiary/aromatic N) is 1. The zero-order chi connectivity index (χ0) is 12.7. The molecule has 18 heavy (non-hydrogen) atoms. The molecule has 0 aromatic carbocycles. The maximum Gasteiger partial charge on any atom is 0.223 e. The van der Waals surface area contributed by atoms with Gasteiger partial charge < -0.3 is 10.6 Å². The summed E-state index contributed by atoms with van der Waals surface area (Å²) in [5, 5.41) is 0. The van der Waals surface area contributed by atoms with Gasteiger partial charge in [-0.2, -0.15) is 0 Å². The Kier molecular flexibility index (Phi) is 3.35. The molecule has 1 aliphatic heterocycles. The summed E-state index contributed by atoms with van der Waals surface area (Å²) in [6.45, 7) is 3.79. The highest BCUT2D eigenvalue weighted by molar-refractivity contribution is 5.77. The van der Waals surface area contributed by atoms with E-state index in [0.717, 1.165) is 31.2 Å². The maximum atomic E-state index is 12.5. The van der Waals surface area contributed by atoms with E-state index in [2.05, 4.69) is 11.8 Å². The SMILES string of the molecule is CC1CCN(C(=O)CC2CC3CCC2C3)C1CN. The van der Waals surface area contributed by atoms with Crippen LogP contribution in [-0.4, -0.2) is 29.9 Å². The monoisotopic (exact) mass is 250 g/mol. The number of nitrogens with two attached hydrogens (primary N) is 1. The zero-order valence-corrected chi connectivity index (χ0v) is 11.5. The first-order valence-electron chi connectivity index (χ1n) is 7.68. The third kappa shape index (κ3) is 2.07. The topological polar surface area (TPSA) is 46.3 Å². The van der Waals surface area contributed by atoms with Crippen molar-refractivity contribution in [3.05, 3.63) is 0 Å². The first kappa shape index (κ1) is 12.5. The fourth-order valence-corrected chi connectivity index (χ4v) is 4.65. The summed E-state index contributed by atoms with van der Waals surface area (Å²) in [5.74, 6) is 3.45. The summed E-state index contributed by atoms with van der Waals surface area (Å²) in [4.78, 5) is 14.5. The Morgan fingerprint density at radius 2 is 2.11 bits per heavy atom. The van der Waals surface area contributed by atoms with Crippen LogP contribution in [0.15, 0.2) is 0 Å². The molecular formula is C15H26N2O. The van der Waals surface area contributed by atoms with Crippen LogP contribution in [-0.2, 0) is 4.79 Å². The first-order valence-corrected chi connectivity index (χ1v) is 7.68. The highest BCUT2D eigenvalue weighted by atomic mass is 16.2. The zero-order valence-electron chi connectivity index (χ0n) is 11.5. The fraction of sp³-hybridized carbons (Fsp3) is 0.933. The Morgan fingerprint density at radius 3 is 2.72 bits per heavy atom. The molecule has 2 N–H and O–H groups in total. The molecule has 2 bridgehead atoms. The molecule has 3 nitrogen and oxygen atoms in total. The third-order valence-electron chi connectivity index (χ3n) is 5.77. The van der Waals surface area contributed by atoms with Gasteiger partial charge in [-0.15, -0.1) is 0 Å². The summed E-state index contributed by atoms with van der Waals surface area (Å²) < 4.78 is 0. The first-order chi connectivity index (χ1) is 8.69. The molecule has 1 amide bonds. The number of carbonyl (C=O) groups is 1. The van der Waals surface area contributed by atoms with Crippen molar-refractivity contribution < 1.29 is 4.79 Å². The summed E-state index contributed by atoms with van der Waals surface area (Å²) in [6.07, 6.45) is 7.43. The minimum atomic E-state index is 0.302. The Bertz CT molecular complexity index is 330. The average molecular weight is 250 g/mol. The highest BCUT2D eigenvalue weighted by Gasteiger charge is 2.42. The number of likely N-dealkylation sites (tertiary alicyclic amines) is 1. The third-order valence-corrected chi connectivity index (χ3v) is 5.77. The van der Waals surface area contributed by atoms with E-state index in [1.54, 1.807) is 0 Å². The number of hydrogen-bond donors (Lipinski definition) is 1. The predicted octanol–water partition coefficient (Wildman–Crippen LogP) is 2.01. The molecule has 3 heteroatoms. The molecule has 3 fully saturated rings. The van der Waals surface area contributed by atoms with E-state index < -0.39 is 0 Å². The van der Waals surface area contributed by atoms with Crippen LogP contribution in [0, 0.1) is 23.7 Å². The number of fused-ring (bicyclic) bond motifs is 2. The van der Waals surface area contributed by atoms with Crippen molar-refractivity contribution in [2.75, 3.05) is 13.1 Å². The smallest absolute Gasteiger partial charge is 0.223 e. The van der Waals surface area contributed by atoms with Crippen LogP contribution in [0.25, 0.3) is 0 Å². The van der Waals surface area contributed by atoms with Crippen LogP contribution in [0.4, 0.5) is 0 Å². The summed E-state index contributed by atoms with van der Waals surface area (Å²) in [6, 6.07) is 0.302. The van der Waals surface area contributed by atoms with Crippen LogP contribution in [0.5, 0.6) is 0 Å². The van der Waals surface area contributed by atoms with Crippen molar-refractivity contribution in [1.82, 2.24) is 4.90 Å². The molecule has 3 rings (SSSR count). The molecule has 102 valence electrons. The van der Waals surface area contributed by atoms with Gasteiger partial charge in [0, 0.05) is 25.6 Å². The van der Waals surface area contributed by atoms with Crippen molar-refractivity contribution in [3.63, 3.8) is 0 Å². The van der Waals surface area contributed by atoms with Crippen LogP contribution >= 0.6 is 0 Å². The van der Waals surface area contributed by atoms with E-state index in [4.69, 9.17) is 5.73 Å². The molecule has 2 saturated carbocycles. The van der Waals surface area contributed by atoms with Crippen molar-refractivity contribution in [3.8, 4) is 0 Å². The largest absolute Gasteiger partial charge is 0.338 e. The second-order valence-electron chi connectivity index (χ2n) is 6.80. The van der Waals surface area contributed by atoms with Gasteiger partial charge in [-0.3, -0.25) is 4.79 Å². The normalized spacial score (nSPS) is 42.8. The Morgan fingerprint density at radius 1 is 1.28 bits per heavy atom. The number of hydrogen-bond acceptors (Lipinski definition) is 2. The maximum absolute atomic E-state index is 12.5. The van der Waals surface area contributed by atoms with Gasteiger partial charge in [-0.05, 0) is 49.4 Å². The second kappa shape index (κ2) is 4.84. The minimum absolute atomic E-state index is 0.302. The lowest BCUT2D eigenvalue weighted by atomic mass is 9.86. The van der Waals surface area contributed by atoms with Crippen molar-refractivity contribution >= 4 is 5.91 Å². The van der Waals surface area contributed by atoms with Crippen LogP contribution in [0.1, 0.15) is 45.4 Å². The van der Waals surface area contributed by atoms with Gasteiger partial charge in [0.15, 0.2) is 0 Å². The van der Waals surface area contributed by atoms with Crippen LogP contribution < -0.4 is 5.73 Å². The predicted molar refractivity (Wildman–Crippen MR) is 71.9 cm³/mol. The van der Waals surface area contributed by atoms with E-state index in [1.165, 1.54) is 25.7 Å². The Labute approximate surface area is 110 Å². The Balaban J connectivity index is 1.58. The van der Waals surface area contributed by atoms with Gasteiger partial charge in [0.1, 0.15) is 0 Å². The standard InChI is InChI=1S/C15H26N2O/c1-10-4-5-17(14(10)9-16)15(18)8-13-7-11-2-3-12(13)6-11/h10-14H,2-9,16H2,1H3. The molecule has 0 aromatic rings.